The van der Waals surface area contributed by atoms with Crippen molar-refractivity contribution in [3.63, 3.8) is 0 Å². The number of halogens is 1. The van der Waals surface area contributed by atoms with Gasteiger partial charge in [0.05, 0.1) is 6.33 Å². The SMILES string of the molecule is CCn1cnc2cc(F)nnc21. The van der Waals surface area contributed by atoms with Gasteiger partial charge in [-0.3, -0.25) is 0 Å². The first kappa shape index (κ1) is 7.15. The average Bonchev–Trinajstić information content (AvgIpc) is 2.46. The first-order chi connectivity index (χ1) is 5.81. The number of imidazole rings is 1. The zero-order valence-electron chi connectivity index (χ0n) is 6.53. The van der Waals surface area contributed by atoms with E-state index in [1.54, 1.807) is 6.33 Å². The molecule has 0 unspecified atom stereocenters. The van der Waals surface area contributed by atoms with Crippen molar-refractivity contribution in [2.75, 3.05) is 0 Å². The molecule has 0 amide bonds. The molecule has 2 heterocycles. The molecule has 5 heteroatoms. The Morgan fingerprint density at radius 1 is 1.50 bits per heavy atom. The zero-order valence-corrected chi connectivity index (χ0v) is 6.53. The summed E-state index contributed by atoms with van der Waals surface area (Å²) in [7, 11) is 0. The van der Waals surface area contributed by atoms with Crippen molar-refractivity contribution < 1.29 is 4.39 Å². The highest BCUT2D eigenvalue weighted by Crippen LogP contribution is 2.08. The van der Waals surface area contributed by atoms with Gasteiger partial charge in [0.1, 0.15) is 5.52 Å². The fraction of sp³-hybridized carbons (Fsp3) is 0.286. The highest BCUT2D eigenvalue weighted by molar-refractivity contribution is 5.69. The minimum Gasteiger partial charge on any atom is -0.314 e. The molecule has 2 rings (SSSR count). The van der Waals surface area contributed by atoms with Gasteiger partial charge in [0, 0.05) is 12.6 Å². The number of aromatic nitrogens is 4. The van der Waals surface area contributed by atoms with E-state index < -0.39 is 5.95 Å². The molecule has 0 radical (unpaired) electrons. The monoisotopic (exact) mass is 166 g/mol. The Labute approximate surface area is 68.1 Å². The van der Waals surface area contributed by atoms with Gasteiger partial charge in [-0.1, -0.05) is 0 Å². The van der Waals surface area contributed by atoms with Crippen LogP contribution in [0.2, 0.25) is 0 Å². The fourth-order valence-corrected chi connectivity index (χ4v) is 1.07. The van der Waals surface area contributed by atoms with Crippen LogP contribution in [0.1, 0.15) is 6.92 Å². The molecule has 0 spiro atoms. The first-order valence-corrected chi connectivity index (χ1v) is 3.65. The Hall–Kier alpha value is -1.52. The molecule has 0 aliphatic carbocycles. The standard InChI is InChI=1S/C7H7FN4/c1-2-12-4-9-5-3-6(8)10-11-7(5)12/h3-4H,2H2,1H3. The normalized spacial score (nSPS) is 10.8. The second kappa shape index (κ2) is 2.51. The van der Waals surface area contributed by atoms with Crippen LogP contribution in [-0.4, -0.2) is 19.7 Å². The van der Waals surface area contributed by atoms with Gasteiger partial charge in [-0.25, -0.2) is 4.98 Å². The third kappa shape index (κ3) is 0.939. The van der Waals surface area contributed by atoms with Crippen molar-refractivity contribution in [2.45, 2.75) is 13.5 Å². The van der Waals surface area contributed by atoms with Gasteiger partial charge >= 0.3 is 0 Å². The van der Waals surface area contributed by atoms with E-state index in [1.807, 2.05) is 11.5 Å². The zero-order chi connectivity index (χ0) is 8.55. The average molecular weight is 166 g/mol. The largest absolute Gasteiger partial charge is 0.314 e. The third-order valence-corrected chi connectivity index (χ3v) is 1.67. The van der Waals surface area contributed by atoms with E-state index in [0.717, 1.165) is 6.54 Å². The summed E-state index contributed by atoms with van der Waals surface area (Å²) in [4.78, 5) is 3.97. The van der Waals surface area contributed by atoms with Gasteiger partial charge in [0.15, 0.2) is 5.65 Å². The van der Waals surface area contributed by atoms with Gasteiger partial charge in [0.25, 0.3) is 0 Å². The Bertz CT molecular complexity index is 409. The van der Waals surface area contributed by atoms with Gasteiger partial charge in [-0.2, -0.15) is 4.39 Å². The van der Waals surface area contributed by atoms with E-state index in [4.69, 9.17) is 0 Å². The molecular weight excluding hydrogens is 159 g/mol. The molecule has 2 aromatic rings. The highest BCUT2D eigenvalue weighted by Gasteiger charge is 2.03. The van der Waals surface area contributed by atoms with Crippen LogP contribution < -0.4 is 0 Å². The van der Waals surface area contributed by atoms with Crippen molar-refractivity contribution >= 4 is 11.2 Å². The molecule has 12 heavy (non-hydrogen) atoms. The molecule has 4 nitrogen and oxygen atoms in total. The van der Waals surface area contributed by atoms with E-state index in [-0.39, 0.29) is 0 Å². The van der Waals surface area contributed by atoms with E-state index in [2.05, 4.69) is 15.2 Å². The van der Waals surface area contributed by atoms with E-state index >= 15 is 0 Å². The lowest BCUT2D eigenvalue weighted by Gasteiger charge is -1.94. The number of hydrogen-bond acceptors (Lipinski definition) is 3. The molecule has 0 atom stereocenters. The maximum Gasteiger partial charge on any atom is 0.235 e. The van der Waals surface area contributed by atoms with Crippen LogP contribution in [0, 0.1) is 5.95 Å². The van der Waals surface area contributed by atoms with E-state index in [0.29, 0.717) is 11.2 Å². The molecular formula is C7H7FN4. The Kier molecular flexibility index (Phi) is 1.49. The summed E-state index contributed by atoms with van der Waals surface area (Å²) >= 11 is 0. The summed E-state index contributed by atoms with van der Waals surface area (Å²) in [6, 6.07) is 1.27. The predicted octanol–water partition coefficient (Wildman–Crippen LogP) is 0.985. The van der Waals surface area contributed by atoms with Crippen LogP contribution in [0.15, 0.2) is 12.4 Å². The van der Waals surface area contributed by atoms with E-state index in [1.165, 1.54) is 6.07 Å². The van der Waals surface area contributed by atoms with Crippen LogP contribution in [0.5, 0.6) is 0 Å². The van der Waals surface area contributed by atoms with Crippen LogP contribution in [0.3, 0.4) is 0 Å². The Morgan fingerprint density at radius 3 is 3.08 bits per heavy atom. The molecule has 0 aliphatic heterocycles. The van der Waals surface area contributed by atoms with Gasteiger partial charge in [0.2, 0.25) is 5.95 Å². The predicted molar refractivity (Wildman–Crippen MR) is 41.0 cm³/mol. The topological polar surface area (TPSA) is 43.6 Å². The number of fused-ring (bicyclic) bond motifs is 1. The van der Waals surface area contributed by atoms with Crippen molar-refractivity contribution in [1.82, 2.24) is 19.7 Å². The summed E-state index contributed by atoms with van der Waals surface area (Å²) in [5, 5.41) is 7.00. The Balaban J connectivity index is 2.73. The second-order valence-electron chi connectivity index (χ2n) is 2.41. The van der Waals surface area contributed by atoms with Crippen LogP contribution in [-0.2, 0) is 6.54 Å². The van der Waals surface area contributed by atoms with Crippen LogP contribution >= 0.6 is 0 Å². The van der Waals surface area contributed by atoms with Gasteiger partial charge in [-0.05, 0) is 6.92 Å². The van der Waals surface area contributed by atoms with Crippen LogP contribution in [0.4, 0.5) is 4.39 Å². The van der Waals surface area contributed by atoms with E-state index in [9.17, 15) is 4.39 Å². The quantitative estimate of drug-likeness (QED) is 0.634. The third-order valence-electron chi connectivity index (χ3n) is 1.67. The van der Waals surface area contributed by atoms with Crippen molar-refractivity contribution in [3.05, 3.63) is 18.3 Å². The fourth-order valence-electron chi connectivity index (χ4n) is 1.07. The molecule has 0 N–H and O–H groups in total. The molecule has 0 aromatic carbocycles. The first-order valence-electron chi connectivity index (χ1n) is 3.65. The number of rotatable bonds is 1. The Morgan fingerprint density at radius 2 is 2.33 bits per heavy atom. The summed E-state index contributed by atoms with van der Waals surface area (Å²) < 4.78 is 14.3. The summed E-state index contributed by atoms with van der Waals surface area (Å²) in [5.41, 5.74) is 1.17. The second-order valence-corrected chi connectivity index (χ2v) is 2.41. The van der Waals surface area contributed by atoms with Crippen molar-refractivity contribution in [1.29, 1.82) is 0 Å². The van der Waals surface area contributed by atoms with Gasteiger partial charge < -0.3 is 4.57 Å². The number of aryl methyl sites for hydroxylation is 1. The number of nitrogens with zero attached hydrogens (tertiary/aromatic N) is 4. The summed E-state index contributed by atoms with van der Waals surface area (Å²) in [6.07, 6.45) is 1.62. The lowest BCUT2D eigenvalue weighted by Crippen LogP contribution is -1.95. The minimum absolute atomic E-state index is 0.546. The summed E-state index contributed by atoms with van der Waals surface area (Å²) in [5.74, 6) is -0.594. The molecule has 0 bridgehead atoms. The lowest BCUT2D eigenvalue weighted by molar-refractivity contribution is 0.566. The minimum atomic E-state index is -0.594. The smallest absolute Gasteiger partial charge is 0.235 e. The maximum atomic E-state index is 12.5. The molecule has 0 fully saturated rings. The molecule has 2 aromatic heterocycles. The lowest BCUT2D eigenvalue weighted by atomic mass is 10.5. The highest BCUT2D eigenvalue weighted by atomic mass is 19.1. The molecule has 62 valence electrons. The molecule has 0 saturated heterocycles. The summed E-state index contributed by atoms with van der Waals surface area (Å²) in [6.45, 7) is 2.73. The van der Waals surface area contributed by atoms with Crippen molar-refractivity contribution in [3.8, 4) is 0 Å². The number of hydrogen-bond donors (Lipinski definition) is 0. The molecule has 0 aliphatic rings. The van der Waals surface area contributed by atoms with Gasteiger partial charge in [-0.15, -0.1) is 10.2 Å². The van der Waals surface area contributed by atoms with Crippen LogP contribution in [0.25, 0.3) is 11.2 Å². The maximum absolute atomic E-state index is 12.5. The van der Waals surface area contributed by atoms with Crippen molar-refractivity contribution in [2.24, 2.45) is 0 Å². The molecule has 0 saturated carbocycles.